The van der Waals surface area contributed by atoms with Crippen molar-refractivity contribution < 1.29 is 13.2 Å². The van der Waals surface area contributed by atoms with Gasteiger partial charge < -0.3 is 9.88 Å². The number of fused-ring (bicyclic) bond motifs is 1. The van der Waals surface area contributed by atoms with Crippen LogP contribution in [0.5, 0.6) is 0 Å². The third-order valence-electron chi connectivity index (χ3n) is 4.46. The zero-order valence-corrected chi connectivity index (χ0v) is 15.2. The summed E-state index contributed by atoms with van der Waals surface area (Å²) >= 11 is 0. The van der Waals surface area contributed by atoms with Crippen molar-refractivity contribution in [3.63, 3.8) is 0 Å². The first-order valence-corrected chi connectivity index (χ1v) is 9.72. The van der Waals surface area contributed by atoms with E-state index in [1.165, 1.54) is 4.31 Å². The van der Waals surface area contributed by atoms with Crippen LogP contribution in [-0.2, 0) is 41.4 Å². The number of sulfonamides is 1. The van der Waals surface area contributed by atoms with E-state index in [9.17, 15) is 13.2 Å². The maximum atomic E-state index is 12.8. The molecule has 1 aromatic carbocycles. The molecule has 1 N–H and O–H groups in total. The molecule has 2 heterocycles. The normalized spacial score (nSPS) is 15.0. The Morgan fingerprint density at radius 2 is 2.00 bits per heavy atom. The van der Waals surface area contributed by atoms with Crippen LogP contribution in [0, 0.1) is 0 Å². The number of nitrogens with zero attached hydrogens (tertiary/aromatic N) is 3. The Balaban J connectivity index is 1.82. The number of carbonyl (C=O) groups is 1. The molecule has 0 unspecified atom stereocenters. The molecule has 0 bridgehead atoms. The first-order chi connectivity index (χ1) is 11.9. The van der Waals surface area contributed by atoms with E-state index in [0.717, 1.165) is 17.2 Å². The molecule has 0 aliphatic carbocycles. The van der Waals surface area contributed by atoms with Gasteiger partial charge in [-0.1, -0.05) is 25.1 Å². The minimum atomic E-state index is -3.52. The summed E-state index contributed by atoms with van der Waals surface area (Å²) in [5.41, 5.74) is 1.79. The van der Waals surface area contributed by atoms with Crippen molar-refractivity contribution >= 4 is 15.9 Å². The Morgan fingerprint density at radius 3 is 2.68 bits per heavy atom. The number of nitrogens with one attached hydrogen (secondary N) is 1. The lowest BCUT2D eigenvalue weighted by atomic mass is 10.2. The molecule has 2 aromatic rings. The van der Waals surface area contributed by atoms with Crippen LogP contribution in [-0.4, -0.2) is 34.7 Å². The number of amides is 1. The third kappa shape index (κ3) is 3.45. The summed E-state index contributed by atoms with van der Waals surface area (Å²) in [6.45, 7) is 2.84. The summed E-state index contributed by atoms with van der Waals surface area (Å²) in [7, 11) is -1.66. The maximum Gasteiger partial charge on any atom is 0.243 e. The Hall–Kier alpha value is -2.19. The van der Waals surface area contributed by atoms with Crippen LogP contribution in [0.25, 0.3) is 0 Å². The molecule has 0 atom stereocenters. The van der Waals surface area contributed by atoms with E-state index in [2.05, 4.69) is 10.3 Å². The second kappa shape index (κ2) is 6.97. The Morgan fingerprint density at radius 1 is 1.28 bits per heavy atom. The first kappa shape index (κ1) is 17.6. The summed E-state index contributed by atoms with van der Waals surface area (Å²) in [5, 5.41) is 2.81. The van der Waals surface area contributed by atoms with Crippen molar-refractivity contribution in [1.82, 2.24) is 19.2 Å². The molecule has 1 aliphatic heterocycles. The van der Waals surface area contributed by atoms with Gasteiger partial charge in [0.25, 0.3) is 0 Å². The van der Waals surface area contributed by atoms with Crippen LogP contribution in [0.2, 0.25) is 0 Å². The van der Waals surface area contributed by atoms with Gasteiger partial charge in [0.1, 0.15) is 5.82 Å². The highest BCUT2D eigenvalue weighted by atomic mass is 32.2. The molecule has 0 saturated heterocycles. The fraction of sp³-hybridized carbons (Fsp3) is 0.412. The zero-order chi connectivity index (χ0) is 18.0. The van der Waals surface area contributed by atoms with Gasteiger partial charge in [-0.2, -0.15) is 4.31 Å². The number of benzene rings is 1. The molecule has 0 saturated carbocycles. The van der Waals surface area contributed by atoms with Crippen LogP contribution < -0.4 is 5.32 Å². The zero-order valence-electron chi connectivity index (χ0n) is 14.4. The number of rotatable bonds is 5. The van der Waals surface area contributed by atoms with Crippen LogP contribution in [0.3, 0.4) is 0 Å². The van der Waals surface area contributed by atoms with Crippen molar-refractivity contribution in [3.05, 3.63) is 47.5 Å². The SMILES string of the molecule is CCC(=O)NCc1nc2c(n1C)CN(S(=O)(=O)c1ccccc1)CC2. The predicted octanol–water partition coefficient (Wildman–Crippen LogP) is 1.19. The molecule has 134 valence electrons. The van der Waals surface area contributed by atoms with Gasteiger partial charge in [0.05, 0.1) is 29.4 Å². The highest BCUT2D eigenvalue weighted by Crippen LogP contribution is 2.25. The summed E-state index contributed by atoms with van der Waals surface area (Å²) in [5.74, 6) is 0.708. The quantitative estimate of drug-likeness (QED) is 0.866. The van der Waals surface area contributed by atoms with Crippen LogP contribution in [0.4, 0.5) is 0 Å². The van der Waals surface area contributed by atoms with Crippen molar-refractivity contribution in [2.24, 2.45) is 7.05 Å². The molecule has 3 rings (SSSR count). The molecule has 1 aromatic heterocycles. The topological polar surface area (TPSA) is 84.3 Å². The van der Waals surface area contributed by atoms with Gasteiger partial charge in [-0.15, -0.1) is 0 Å². The third-order valence-corrected chi connectivity index (χ3v) is 6.32. The highest BCUT2D eigenvalue weighted by Gasteiger charge is 2.31. The molecule has 1 aliphatic rings. The second-order valence-electron chi connectivity index (χ2n) is 6.01. The monoisotopic (exact) mass is 362 g/mol. The number of hydrogen-bond donors (Lipinski definition) is 1. The minimum absolute atomic E-state index is 0.0331. The average molecular weight is 362 g/mol. The number of carbonyl (C=O) groups excluding carboxylic acids is 1. The predicted molar refractivity (Wildman–Crippen MR) is 93.1 cm³/mol. The Kier molecular flexibility index (Phi) is 4.91. The van der Waals surface area contributed by atoms with Gasteiger partial charge in [-0.05, 0) is 12.1 Å². The molecular weight excluding hydrogens is 340 g/mol. The van der Waals surface area contributed by atoms with Crippen LogP contribution >= 0.6 is 0 Å². The standard InChI is InChI=1S/C17H22N4O3S/c1-3-17(22)18-11-16-19-14-9-10-21(12-15(14)20(16)2)25(23,24)13-7-5-4-6-8-13/h4-8H,3,9-12H2,1-2H3,(H,18,22). The van der Waals surface area contributed by atoms with Crippen molar-refractivity contribution in [1.29, 1.82) is 0 Å². The smallest absolute Gasteiger partial charge is 0.243 e. The molecule has 7 nitrogen and oxygen atoms in total. The van der Waals surface area contributed by atoms with E-state index in [0.29, 0.717) is 30.8 Å². The molecule has 0 radical (unpaired) electrons. The summed E-state index contributed by atoms with van der Waals surface area (Å²) < 4.78 is 29.0. The lowest BCUT2D eigenvalue weighted by Crippen LogP contribution is -2.36. The van der Waals surface area contributed by atoms with Crippen molar-refractivity contribution in [2.45, 2.75) is 37.8 Å². The van der Waals surface area contributed by atoms with E-state index in [4.69, 9.17) is 0 Å². The van der Waals surface area contributed by atoms with E-state index in [1.807, 2.05) is 11.6 Å². The van der Waals surface area contributed by atoms with Gasteiger partial charge in [-0.3, -0.25) is 4.79 Å². The van der Waals surface area contributed by atoms with Gasteiger partial charge in [0.15, 0.2) is 0 Å². The summed E-state index contributed by atoms with van der Waals surface area (Å²) in [6.07, 6.45) is 0.990. The van der Waals surface area contributed by atoms with E-state index in [1.54, 1.807) is 37.3 Å². The number of imidazole rings is 1. The average Bonchev–Trinajstić information content (AvgIpc) is 2.95. The number of aromatic nitrogens is 2. The Bertz CT molecular complexity index is 875. The second-order valence-corrected chi connectivity index (χ2v) is 7.95. The molecule has 1 amide bonds. The molecular formula is C17H22N4O3S. The maximum absolute atomic E-state index is 12.8. The number of hydrogen-bond acceptors (Lipinski definition) is 4. The van der Waals surface area contributed by atoms with E-state index >= 15 is 0 Å². The summed E-state index contributed by atoms with van der Waals surface area (Å²) in [6, 6.07) is 8.46. The lowest BCUT2D eigenvalue weighted by Gasteiger charge is -2.26. The molecule has 8 heteroatoms. The highest BCUT2D eigenvalue weighted by molar-refractivity contribution is 7.89. The fourth-order valence-electron chi connectivity index (χ4n) is 2.93. The molecule has 25 heavy (non-hydrogen) atoms. The minimum Gasteiger partial charge on any atom is -0.349 e. The van der Waals surface area contributed by atoms with E-state index in [-0.39, 0.29) is 12.5 Å². The van der Waals surface area contributed by atoms with Gasteiger partial charge in [0, 0.05) is 26.4 Å². The largest absolute Gasteiger partial charge is 0.349 e. The fourth-order valence-corrected chi connectivity index (χ4v) is 4.35. The summed E-state index contributed by atoms with van der Waals surface area (Å²) in [4.78, 5) is 16.3. The molecule has 0 spiro atoms. The van der Waals surface area contributed by atoms with Crippen LogP contribution in [0.15, 0.2) is 35.2 Å². The van der Waals surface area contributed by atoms with Crippen molar-refractivity contribution in [3.8, 4) is 0 Å². The van der Waals surface area contributed by atoms with Crippen LogP contribution in [0.1, 0.15) is 30.6 Å². The van der Waals surface area contributed by atoms with Crippen molar-refractivity contribution in [2.75, 3.05) is 6.54 Å². The van der Waals surface area contributed by atoms with Gasteiger partial charge >= 0.3 is 0 Å². The lowest BCUT2D eigenvalue weighted by molar-refractivity contribution is -0.120. The Labute approximate surface area is 147 Å². The van der Waals surface area contributed by atoms with Gasteiger partial charge in [-0.25, -0.2) is 13.4 Å². The van der Waals surface area contributed by atoms with Gasteiger partial charge in [0.2, 0.25) is 15.9 Å². The molecule has 0 fully saturated rings. The first-order valence-electron chi connectivity index (χ1n) is 8.28. The van der Waals surface area contributed by atoms with E-state index < -0.39 is 10.0 Å².